The number of anilines is 2. The second-order valence-electron chi connectivity index (χ2n) is 7.76. The van der Waals surface area contributed by atoms with Gasteiger partial charge in [0.15, 0.2) is 5.11 Å². The molecular weight excluding hydrogens is 485 g/mol. The van der Waals surface area contributed by atoms with Gasteiger partial charge in [0.05, 0.1) is 5.69 Å². The van der Waals surface area contributed by atoms with Crippen LogP contribution in [0.25, 0.3) is 10.7 Å². The van der Waals surface area contributed by atoms with Crippen molar-refractivity contribution in [3.8, 4) is 0 Å². The number of thiocarbonyl (C=S) groups is 1. The lowest BCUT2D eigenvalue weighted by atomic mass is 10.3. The number of carbonyl (C=O) groups is 1. The highest BCUT2D eigenvalue weighted by Crippen LogP contribution is 2.45. The summed E-state index contributed by atoms with van der Waals surface area (Å²) < 4.78 is 2.99. The smallest absolute Gasteiger partial charge is 0.280 e. The molecule has 0 aliphatic carbocycles. The van der Waals surface area contributed by atoms with Crippen molar-refractivity contribution in [2.75, 3.05) is 22.9 Å². The van der Waals surface area contributed by atoms with Gasteiger partial charge in [0.1, 0.15) is 19.9 Å². The predicted molar refractivity (Wildman–Crippen MR) is 145 cm³/mol. The van der Waals surface area contributed by atoms with Crippen LogP contribution in [0.4, 0.5) is 11.4 Å². The average molecular weight is 509 g/mol. The second-order valence-corrected chi connectivity index (χ2v) is 10.2. The summed E-state index contributed by atoms with van der Waals surface area (Å²) >= 11 is 8.71. The molecule has 0 atom stereocenters. The molecule has 2 aliphatic rings. The second kappa shape index (κ2) is 9.05. The number of thiazole rings is 1. The van der Waals surface area contributed by atoms with Gasteiger partial charge in [0.25, 0.3) is 11.5 Å². The van der Waals surface area contributed by atoms with Crippen molar-refractivity contribution in [3.63, 3.8) is 0 Å². The number of fused-ring (bicyclic) bond motifs is 1. The van der Waals surface area contributed by atoms with Crippen molar-refractivity contribution in [2.24, 2.45) is 0 Å². The molecule has 2 aromatic carbocycles. The molecule has 3 heterocycles. The van der Waals surface area contributed by atoms with E-state index in [1.54, 1.807) is 26.1 Å². The quantitative estimate of drug-likeness (QED) is 0.504. The molecule has 1 aromatic heterocycles. The molecule has 0 N–H and O–H groups in total. The third-order valence-corrected chi connectivity index (χ3v) is 8.84. The lowest BCUT2D eigenvalue weighted by Gasteiger charge is -2.19. The van der Waals surface area contributed by atoms with Gasteiger partial charge in [-0.3, -0.25) is 24.0 Å². The van der Waals surface area contributed by atoms with Crippen molar-refractivity contribution in [3.05, 3.63) is 74.1 Å². The summed E-state index contributed by atoms with van der Waals surface area (Å²) in [6.07, 6.45) is 0. The van der Waals surface area contributed by atoms with Crippen LogP contribution in [0.3, 0.4) is 0 Å². The van der Waals surface area contributed by atoms with Crippen molar-refractivity contribution in [2.45, 2.75) is 32.2 Å². The van der Waals surface area contributed by atoms with E-state index in [4.69, 9.17) is 12.2 Å². The van der Waals surface area contributed by atoms with Crippen LogP contribution in [0.5, 0.6) is 0 Å². The first-order valence-corrected chi connectivity index (χ1v) is 13.3. The van der Waals surface area contributed by atoms with Gasteiger partial charge in [-0.05, 0) is 57.3 Å². The number of carbonyl (C=O) groups excluding carboxylic acids is 1. The molecule has 0 saturated carbocycles. The Labute approximate surface area is 211 Å². The Hall–Kier alpha value is -2.88. The lowest BCUT2D eigenvalue weighted by Crippen LogP contribution is -2.36. The summed E-state index contributed by atoms with van der Waals surface area (Å²) in [5.74, 6) is -0.175. The van der Waals surface area contributed by atoms with Gasteiger partial charge in [-0.1, -0.05) is 42.1 Å². The topological polar surface area (TPSA) is 48.8 Å². The first-order chi connectivity index (χ1) is 16.5. The fraction of sp³-hybridized carbons (Fsp3) is 0.240. The van der Waals surface area contributed by atoms with Crippen LogP contribution in [0.15, 0.2) is 64.3 Å². The number of nitrogens with zero attached hydrogens (tertiary/aromatic N) is 4. The summed E-state index contributed by atoms with van der Waals surface area (Å²) in [5.41, 5.74) is 2.28. The van der Waals surface area contributed by atoms with E-state index in [0.29, 0.717) is 33.1 Å². The van der Waals surface area contributed by atoms with Gasteiger partial charge in [-0.25, -0.2) is 0 Å². The summed E-state index contributed by atoms with van der Waals surface area (Å²) in [6.45, 7) is 7.59. The van der Waals surface area contributed by atoms with Gasteiger partial charge in [0.2, 0.25) is 0 Å². The Morgan fingerprint density at radius 3 is 2.21 bits per heavy atom. The monoisotopic (exact) mass is 508 g/mol. The normalized spacial score (nSPS) is 18.9. The lowest BCUT2D eigenvalue weighted by molar-refractivity contribution is -0.120. The molecular formula is C25H24N4O2S3. The van der Waals surface area contributed by atoms with Gasteiger partial charge < -0.3 is 4.90 Å². The third kappa shape index (κ3) is 3.41. The minimum Gasteiger partial charge on any atom is -0.334 e. The Morgan fingerprint density at radius 1 is 0.853 bits per heavy atom. The van der Waals surface area contributed by atoms with Crippen LogP contribution in [0, 0.1) is 0 Å². The standard InChI is InChI=1S/C25H24N4O2S3/c1-4-26-17-14-10-11-15-18(17)33-24(26)20-22(31)27(5-2)23(34-20)19-21(30)28(6-3)25(32)29(19)16-12-8-7-9-13-16/h7-15H,4-6H2,1-3H3/b23-19-,24-20-. The molecule has 3 aromatic rings. The fourth-order valence-electron chi connectivity index (χ4n) is 4.34. The van der Waals surface area contributed by atoms with Crippen LogP contribution >= 0.6 is 35.3 Å². The van der Waals surface area contributed by atoms with Crippen LogP contribution in [0.2, 0.25) is 0 Å². The van der Waals surface area contributed by atoms with E-state index in [0.717, 1.165) is 27.8 Å². The zero-order valence-corrected chi connectivity index (χ0v) is 21.6. The van der Waals surface area contributed by atoms with E-state index >= 15 is 0 Å². The van der Waals surface area contributed by atoms with E-state index in [1.807, 2.05) is 56.3 Å². The van der Waals surface area contributed by atoms with Crippen LogP contribution in [0.1, 0.15) is 20.8 Å². The molecule has 0 unspecified atom stereocenters. The van der Waals surface area contributed by atoms with E-state index in [1.165, 1.54) is 11.3 Å². The molecule has 0 spiro atoms. The van der Waals surface area contributed by atoms with Crippen molar-refractivity contribution in [1.82, 2.24) is 9.47 Å². The van der Waals surface area contributed by atoms with E-state index in [9.17, 15) is 9.59 Å². The Morgan fingerprint density at radius 2 is 1.53 bits per heavy atom. The highest BCUT2D eigenvalue weighted by Gasteiger charge is 2.40. The van der Waals surface area contributed by atoms with E-state index in [-0.39, 0.29) is 11.5 Å². The summed E-state index contributed by atoms with van der Waals surface area (Å²) in [7, 11) is 0. The minimum atomic E-state index is -0.175. The molecule has 2 aliphatic heterocycles. The number of likely N-dealkylation sites (N-methyl/N-ethyl adjacent to an activating group) is 1. The largest absolute Gasteiger partial charge is 0.334 e. The van der Waals surface area contributed by atoms with Crippen molar-refractivity contribution in [1.29, 1.82) is 0 Å². The molecule has 1 saturated heterocycles. The first-order valence-electron chi connectivity index (χ1n) is 11.2. The molecule has 1 fully saturated rings. The number of rotatable bonds is 4. The number of hydrogen-bond acceptors (Lipinski definition) is 6. The number of aromatic nitrogens is 1. The van der Waals surface area contributed by atoms with Gasteiger partial charge in [-0.2, -0.15) is 0 Å². The number of para-hydroxylation sites is 2. The van der Waals surface area contributed by atoms with Crippen LogP contribution < -0.4 is 24.6 Å². The molecule has 174 valence electrons. The Bertz CT molecular complexity index is 1480. The number of hydrogen-bond donors (Lipinski definition) is 0. The van der Waals surface area contributed by atoms with Crippen molar-refractivity contribution >= 4 is 68.4 Å². The Balaban J connectivity index is 1.83. The van der Waals surface area contributed by atoms with E-state index < -0.39 is 0 Å². The third-order valence-electron chi connectivity index (χ3n) is 5.94. The number of amides is 1. The van der Waals surface area contributed by atoms with Crippen LogP contribution in [-0.2, 0) is 11.3 Å². The van der Waals surface area contributed by atoms with Crippen molar-refractivity contribution < 1.29 is 4.79 Å². The molecule has 6 nitrogen and oxygen atoms in total. The number of benzene rings is 2. The average Bonchev–Trinajstić information content (AvgIpc) is 3.47. The minimum absolute atomic E-state index is 0.0783. The maximum Gasteiger partial charge on any atom is 0.280 e. The molecule has 0 radical (unpaired) electrons. The maximum absolute atomic E-state index is 13.7. The van der Waals surface area contributed by atoms with Gasteiger partial charge in [-0.15, -0.1) is 11.3 Å². The Kier molecular flexibility index (Phi) is 6.09. The highest BCUT2D eigenvalue weighted by atomic mass is 32.2. The molecule has 1 amide bonds. The molecule has 34 heavy (non-hydrogen) atoms. The van der Waals surface area contributed by atoms with Crippen LogP contribution in [-0.4, -0.2) is 33.6 Å². The number of thioether (sulfide) groups is 1. The molecule has 0 bridgehead atoms. The SMILES string of the molecule is CCN1C(=O)/C(=c2/s/c(=C3\Sc4ccccc4N3CC)c(=O)n2CC)N(c2ccccc2)C1=S. The first kappa shape index (κ1) is 22.9. The summed E-state index contributed by atoms with van der Waals surface area (Å²) in [5, 5.41) is 1.35. The molecule has 9 heteroatoms. The predicted octanol–water partition coefficient (Wildman–Crippen LogP) is 3.39. The molecule has 5 rings (SSSR count). The highest BCUT2D eigenvalue weighted by molar-refractivity contribution is 8.08. The summed E-state index contributed by atoms with van der Waals surface area (Å²) in [4.78, 5) is 34.0. The zero-order chi connectivity index (χ0) is 24.0. The summed E-state index contributed by atoms with van der Waals surface area (Å²) in [6, 6.07) is 17.8. The van der Waals surface area contributed by atoms with Gasteiger partial charge in [0, 0.05) is 30.2 Å². The maximum atomic E-state index is 13.7. The zero-order valence-electron chi connectivity index (χ0n) is 19.1. The fourth-order valence-corrected chi connectivity index (χ4v) is 7.34. The van der Waals surface area contributed by atoms with Gasteiger partial charge >= 0.3 is 0 Å². The van der Waals surface area contributed by atoms with E-state index in [2.05, 4.69) is 24.0 Å².